The number of hydrogen-bond donors (Lipinski definition) is 1. The minimum absolute atomic E-state index is 0.0243. The van der Waals surface area contributed by atoms with E-state index in [2.05, 4.69) is 12.2 Å². The summed E-state index contributed by atoms with van der Waals surface area (Å²) in [5.74, 6) is -0.502. The van der Waals surface area contributed by atoms with Crippen LogP contribution in [0.4, 0.5) is 0 Å². The highest BCUT2D eigenvalue weighted by molar-refractivity contribution is 6.11. The number of amides is 1. The van der Waals surface area contributed by atoms with E-state index < -0.39 is 0 Å². The molecule has 1 saturated heterocycles. The quantitative estimate of drug-likeness (QED) is 0.0837. The van der Waals surface area contributed by atoms with Crippen LogP contribution in [0, 0.1) is 0 Å². The monoisotopic (exact) mass is 569 g/mol. The van der Waals surface area contributed by atoms with Gasteiger partial charge in [0.2, 0.25) is 0 Å². The van der Waals surface area contributed by atoms with Crippen LogP contribution in [0.2, 0.25) is 0 Å². The van der Waals surface area contributed by atoms with Crippen molar-refractivity contribution in [2.75, 3.05) is 40.6 Å². The Hall–Kier alpha value is -1.16. The minimum atomic E-state index is -0.274. The van der Waals surface area contributed by atoms with Crippen LogP contribution in [0.5, 0.6) is 0 Å². The maximum Gasteiger partial charge on any atom is 0.306 e. The van der Waals surface area contributed by atoms with Crippen LogP contribution in [0.3, 0.4) is 0 Å². The van der Waals surface area contributed by atoms with Gasteiger partial charge in [0, 0.05) is 33.8 Å². The molecule has 0 aliphatic carbocycles. The number of carbonyl (C=O) groups excluding carboxylic acids is 2. The maximum absolute atomic E-state index is 11.9. The van der Waals surface area contributed by atoms with Crippen molar-refractivity contribution in [2.24, 2.45) is 0 Å². The Bertz CT molecular complexity index is 624. The zero-order valence-electron chi connectivity index (χ0n) is 26.2. The summed E-state index contributed by atoms with van der Waals surface area (Å²) >= 11 is 0. The van der Waals surface area contributed by atoms with Gasteiger partial charge in [-0.25, -0.2) is 0 Å². The fourth-order valence-electron chi connectivity index (χ4n) is 5.31. The normalized spacial score (nSPS) is 20.6. The van der Waals surface area contributed by atoms with E-state index >= 15 is 0 Å². The van der Waals surface area contributed by atoms with Gasteiger partial charge in [-0.05, 0) is 19.3 Å². The number of rotatable bonds is 27. The highest BCUT2D eigenvalue weighted by atomic mass is 16.6. The van der Waals surface area contributed by atoms with E-state index in [0.29, 0.717) is 26.2 Å². The number of esters is 1. The summed E-state index contributed by atoms with van der Waals surface area (Å²) in [7, 11) is 5.35. The van der Waals surface area contributed by atoms with Crippen molar-refractivity contribution >= 4 is 19.7 Å². The number of ether oxygens (including phenoxy) is 5. The molecule has 0 spiro atoms. The van der Waals surface area contributed by atoms with Crippen molar-refractivity contribution in [3.63, 3.8) is 0 Å². The third-order valence-electron chi connectivity index (χ3n) is 7.70. The van der Waals surface area contributed by atoms with Crippen LogP contribution in [0.15, 0.2) is 0 Å². The summed E-state index contributed by atoms with van der Waals surface area (Å²) in [6.07, 6.45) is 20.5. The lowest BCUT2D eigenvalue weighted by atomic mass is 9.92. The SMILES string of the molecule is B[C@@H]1O[C@H](COC)C(OC)[C@@H]1OCCCCCCNC(=O)COC(=O)CCCCCCCCCCCCCCC. The maximum atomic E-state index is 11.9. The first-order valence-electron chi connectivity index (χ1n) is 16.2. The van der Waals surface area contributed by atoms with Crippen LogP contribution in [-0.2, 0) is 33.3 Å². The van der Waals surface area contributed by atoms with Gasteiger partial charge in [-0.3, -0.25) is 9.59 Å². The Kier molecular flexibility index (Phi) is 23.5. The molecule has 1 rings (SSSR count). The second-order valence-electron chi connectivity index (χ2n) is 11.3. The van der Waals surface area contributed by atoms with Crippen molar-refractivity contribution in [1.29, 1.82) is 0 Å². The zero-order chi connectivity index (χ0) is 29.3. The molecule has 4 atom stereocenters. The molecule has 1 aliphatic rings. The van der Waals surface area contributed by atoms with Gasteiger partial charge >= 0.3 is 5.97 Å². The lowest BCUT2D eigenvalue weighted by Crippen LogP contribution is -2.38. The molecule has 0 aromatic carbocycles. The second-order valence-corrected chi connectivity index (χ2v) is 11.3. The first-order chi connectivity index (χ1) is 19.5. The van der Waals surface area contributed by atoms with Crippen molar-refractivity contribution in [3.8, 4) is 0 Å². The van der Waals surface area contributed by atoms with E-state index in [-0.39, 0.29) is 42.8 Å². The average Bonchev–Trinajstić information content (AvgIpc) is 3.25. The summed E-state index contributed by atoms with van der Waals surface area (Å²) in [5, 5.41) is 2.83. The number of carbonyl (C=O) groups is 2. The Morgan fingerprint density at radius 3 is 1.95 bits per heavy atom. The van der Waals surface area contributed by atoms with Crippen molar-refractivity contribution in [2.45, 2.75) is 147 Å². The highest BCUT2D eigenvalue weighted by Crippen LogP contribution is 2.25. The van der Waals surface area contributed by atoms with Crippen LogP contribution >= 0.6 is 0 Å². The predicted octanol–water partition coefficient (Wildman–Crippen LogP) is 5.09. The highest BCUT2D eigenvalue weighted by Gasteiger charge is 2.43. The predicted molar refractivity (Wildman–Crippen MR) is 162 cm³/mol. The summed E-state index contributed by atoms with van der Waals surface area (Å²) < 4.78 is 27.9. The number of unbranched alkanes of at least 4 members (excludes halogenated alkanes) is 15. The molecule has 1 amide bonds. The first kappa shape index (κ1) is 36.9. The van der Waals surface area contributed by atoms with Crippen LogP contribution in [-0.4, -0.2) is 84.6 Å². The Labute approximate surface area is 245 Å². The summed E-state index contributed by atoms with van der Waals surface area (Å²) in [6, 6.07) is -0.0243. The van der Waals surface area contributed by atoms with E-state index in [4.69, 9.17) is 23.7 Å². The van der Waals surface area contributed by atoms with Gasteiger partial charge in [0.05, 0.1) is 12.6 Å². The van der Waals surface area contributed by atoms with E-state index in [1.54, 1.807) is 14.2 Å². The third kappa shape index (κ3) is 18.3. The third-order valence-corrected chi connectivity index (χ3v) is 7.70. The first-order valence-corrected chi connectivity index (χ1v) is 16.2. The van der Waals surface area contributed by atoms with Gasteiger partial charge < -0.3 is 29.0 Å². The van der Waals surface area contributed by atoms with Gasteiger partial charge in [0.15, 0.2) is 6.61 Å². The fraction of sp³-hybridized carbons (Fsp3) is 0.935. The zero-order valence-corrected chi connectivity index (χ0v) is 26.2. The molecular formula is C31H60BNO7. The second kappa shape index (κ2) is 25.5. The summed E-state index contributed by atoms with van der Waals surface area (Å²) in [6.45, 7) is 3.81. The molecule has 40 heavy (non-hydrogen) atoms. The van der Waals surface area contributed by atoms with Gasteiger partial charge in [-0.15, -0.1) is 0 Å². The van der Waals surface area contributed by atoms with E-state index in [0.717, 1.165) is 38.5 Å². The lowest BCUT2D eigenvalue weighted by Gasteiger charge is -2.22. The minimum Gasteiger partial charge on any atom is -0.456 e. The van der Waals surface area contributed by atoms with Crippen LogP contribution < -0.4 is 5.32 Å². The fourth-order valence-corrected chi connectivity index (χ4v) is 5.31. The van der Waals surface area contributed by atoms with Gasteiger partial charge in [-0.1, -0.05) is 96.8 Å². The number of methoxy groups -OCH3 is 2. The Morgan fingerprint density at radius 1 is 0.775 bits per heavy atom. The van der Waals surface area contributed by atoms with Crippen LogP contribution in [0.25, 0.3) is 0 Å². The molecule has 0 aromatic rings. The van der Waals surface area contributed by atoms with Gasteiger partial charge in [0.25, 0.3) is 5.91 Å². The van der Waals surface area contributed by atoms with Gasteiger partial charge in [0.1, 0.15) is 26.2 Å². The molecule has 1 N–H and O–H groups in total. The summed E-state index contributed by atoms with van der Waals surface area (Å²) in [5.41, 5.74) is 0. The Balaban J connectivity index is 1.88. The van der Waals surface area contributed by atoms with E-state index in [1.807, 2.05) is 7.85 Å². The number of nitrogens with one attached hydrogen (secondary N) is 1. The molecule has 0 bridgehead atoms. The molecule has 0 radical (unpaired) electrons. The summed E-state index contributed by atoms with van der Waals surface area (Å²) in [4.78, 5) is 23.8. The molecule has 1 unspecified atom stereocenters. The molecule has 234 valence electrons. The largest absolute Gasteiger partial charge is 0.456 e. The molecule has 1 fully saturated rings. The van der Waals surface area contributed by atoms with Crippen molar-refractivity contribution < 1.29 is 33.3 Å². The van der Waals surface area contributed by atoms with Crippen LogP contribution in [0.1, 0.15) is 122 Å². The topological polar surface area (TPSA) is 92.3 Å². The van der Waals surface area contributed by atoms with E-state index in [1.165, 1.54) is 70.6 Å². The van der Waals surface area contributed by atoms with Gasteiger partial charge in [-0.2, -0.15) is 0 Å². The molecule has 0 saturated carbocycles. The number of hydrogen-bond acceptors (Lipinski definition) is 7. The lowest BCUT2D eigenvalue weighted by molar-refractivity contribution is -0.148. The molecule has 1 heterocycles. The molecule has 1 aliphatic heterocycles. The Morgan fingerprint density at radius 2 is 1.35 bits per heavy atom. The average molecular weight is 570 g/mol. The molecule has 0 aromatic heterocycles. The van der Waals surface area contributed by atoms with Crippen molar-refractivity contribution in [3.05, 3.63) is 0 Å². The molecule has 8 nitrogen and oxygen atoms in total. The van der Waals surface area contributed by atoms with E-state index in [9.17, 15) is 9.59 Å². The van der Waals surface area contributed by atoms with Crippen molar-refractivity contribution in [1.82, 2.24) is 5.32 Å². The standard InChI is InChI=1S/C31H60BNO7/c1-4-5-6-7-8-9-10-11-12-13-14-15-18-21-28(35)39-25-27(34)33-22-19-16-17-20-23-38-30-29(37-3)26(24-36-2)40-31(30)32/h26,29-31H,4-25,32H2,1-3H3,(H,33,34)/t26-,29?,30+,31-/m1/s1. The smallest absolute Gasteiger partial charge is 0.306 e. The molecular weight excluding hydrogens is 509 g/mol. The molecule has 9 heteroatoms.